The van der Waals surface area contributed by atoms with Crippen LogP contribution in [0.3, 0.4) is 0 Å². The smallest absolute Gasteiger partial charge is 0.167 e. The Morgan fingerprint density at radius 1 is 1.16 bits per heavy atom. The molecule has 2 nitrogen and oxygen atoms in total. The molecule has 0 amide bonds. The summed E-state index contributed by atoms with van der Waals surface area (Å²) in [5.41, 5.74) is 4.10. The second-order valence-corrected chi connectivity index (χ2v) is 10.2. The zero-order valence-electron chi connectivity index (χ0n) is 18.9. The summed E-state index contributed by atoms with van der Waals surface area (Å²) in [6.45, 7) is 4.48. The monoisotopic (exact) mass is 438 g/mol. The first kappa shape index (κ1) is 22.6. The molecule has 166 valence electrons. The molecule has 0 unspecified atom stereocenters. The van der Waals surface area contributed by atoms with E-state index >= 15 is 0 Å². The van der Waals surface area contributed by atoms with Gasteiger partial charge in [-0.3, -0.25) is 4.79 Å². The molecule has 1 saturated carbocycles. The molecule has 0 bridgehead atoms. The summed E-state index contributed by atoms with van der Waals surface area (Å²) in [6, 6.07) is 14.0. The van der Waals surface area contributed by atoms with E-state index < -0.39 is 5.60 Å². The Morgan fingerprint density at radius 2 is 1.97 bits per heavy atom. The summed E-state index contributed by atoms with van der Waals surface area (Å²) in [7, 11) is 0. The minimum atomic E-state index is -0.493. The van der Waals surface area contributed by atoms with Crippen molar-refractivity contribution in [1.82, 2.24) is 0 Å². The van der Waals surface area contributed by atoms with Crippen molar-refractivity contribution in [3.05, 3.63) is 69.7 Å². The number of carbonyl (C=O) groups is 1. The van der Waals surface area contributed by atoms with Crippen LogP contribution in [-0.2, 0) is 18.3 Å². The molecule has 31 heavy (non-hydrogen) atoms. The fraction of sp³-hybridized carbons (Fsp3) is 0.536. The van der Waals surface area contributed by atoms with Crippen LogP contribution < -0.4 is 0 Å². The third-order valence-electron chi connectivity index (χ3n) is 8.06. The zero-order chi connectivity index (χ0) is 22.1. The molecule has 1 N–H and O–H groups in total. The summed E-state index contributed by atoms with van der Waals surface area (Å²) >= 11 is 6.28. The highest BCUT2D eigenvalue weighted by atomic mass is 35.5. The molecular weight excluding hydrogens is 404 g/mol. The highest BCUT2D eigenvalue weighted by molar-refractivity contribution is 6.31. The molecule has 2 aromatic carbocycles. The van der Waals surface area contributed by atoms with Crippen molar-refractivity contribution in [1.29, 1.82) is 0 Å². The largest absolute Gasteiger partial charge is 0.390 e. The number of ketones is 1. The van der Waals surface area contributed by atoms with Gasteiger partial charge in [0.25, 0.3) is 0 Å². The number of hydrogen-bond donors (Lipinski definition) is 1. The molecule has 0 spiro atoms. The second-order valence-electron chi connectivity index (χ2n) is 9.84. The quantitative estimate of drug-likeness (QED) is 0.489. The maximum Gasteiger partial charge on any atom is 0.167 e. The number of halogens is 1. The Labute approximate surface area is 192 Å². The van der Waals surface area contributed by atoms with Crippen LogP contribution in [0.2, 0.25) is 5.02 Å². The lowest BCUT2D eigenvalue weighted by molar-refractivity contribution is -0.0542. The van der Waals surface area contributed by atoms with Crippen molar-refractivity contribution in [2.75, 3.05) is 0 Å². The van der Waals surface area contributed by atoms with Crippen molar-refractivity contribution in [2.45, 2.75) is 89.1 Å². The number of hydrogen-bond acceptors (Lipinski definition) is 2. The highest BCUT2D eigenvalue weighted by Crippen LogP contribution is 2.54. The summed E-state index contributed by atoms with van der Waals surface area (Å²) in [4.78, 5) is 13.0. The lowest BCUT2D eigenvalue weighted by Gasteiger charge is -2.50. The fourth-order valence-corrected chi connectivity index (χ4v) is 6.62. The van der Waals surface area contributed by atoms with Crippen molar-refractivity contribution >= 4 is 17.4 Å². The third kappa shape index (κ3) is 4.34. The minimum Gasteiger partial charge on any atom is -0.390 e. The van der Waals surface area contributed by atoms with E-state index in [-0.39, 0.29) is 11.2 Å². The van der Waals surface area contributed by atoms with Gasteiger partial charge in [-0.2, -0.15) is 0 Å². The van der Waals surface area contributed by atoms with Crippen LogP contribution in [0.5, 0.6) is 0 Å². The van der Waals surface area contributed by atoms with Crippen LogP contribution in [0.1, 0.15) is 92.3 Å². The molecule has 0 aromatic heterocycles. The molecule has 1 fully saturated rings. The Balaban J connectivity index is 1.63. The van der Waals surface area contributed by atoms with Crippen molar-refractivity contribution < 1.29 is 9.90 Å². The van der Waals surface area contributed by atoms with Crippen LogP contribution >= 0.6 is 11.6 Å². The van der Waals surface area contributed by atoms with Gasteiger partial charge in [0.05, 0.1) is 5.60 Å². The van der Waals surface area contributed by atoms with Gasteiger partial charge in [-0.1, -0.05) is 62.2 Å². The van der Waals surface area contributed by atoms with Crippen molar-refractivity contribution in [3.63, 3.8) is 0 Å². The van der Waals surface area contributed by atoms with Gasteiger partial charge in [-0.25, -0.2) is 0 Å². The van der Waals surface area contributed by atoms with Crippen LogP contribution in [0.15, 0.2) is 42.5 Å². The van der Waals surface area contributed by atoms with E-state index in [1.165, 1.54) is 11.1 Å². The molecule has 4 rings (SSSR count). The van der Waals surface area contributed by atoms with Gasteiger partial charge < -0.3 is 5.11 Å². The third-order valence-corrected chi connectivity index (χ3v) is 8.43. The topological polar surface area (TPSA) is 37.3 Å². The number of carbonyl (C=O) groups excluding carboxylic acids is 1. The number of Topliss-reactive ketones (excluding diaryl/α,β-unsaturated/α-hetero) is 1. The standard InChI is InChI=1S/C28H35ClO2/c1-3-14-27(31)15-16-28(4-2)23(19-27)10-7-9-20-17-22(12-13-24(20)28)26(30)18-21-8-5-6-11-25(21)29/h5-6,8,11-13,17,23,31H,3-4,7,9-10,14-16,18-19H2,1-2H3/t23-,27+,28+/m0/s1. The first-order valence-electron chi connectivity index (χ1n) is 12.0. The molecule has 0 heterocycles. The van der Waals surface area contributed by atoms with Gasteiger partial charge in [-0.15, -0.1) is 0 Å². The van der Waals surface area contributed by atoms with Gasteiger partial charge in [0.1, 0.15) is 0 Å². The zero-order valence-corrected chi connectivity index (χ0v) is 19.7. The summed E-state index contributed by atoms with van der Waals surface area (Å²) in [5.74, 6) is 0.650. The number of rotatable bonds is 6. The maximum absolute atomic E-state index is 13.0. The Bertz CT molecular complexity index is 952. The first-order valence-corrected chi connectivity index (χ1v) is 12.4. The van der Waals surface area contributed by atoms with E-state index in [9.17, 15) is 9.90 Å². The van der Waals surface area contributed by atoms with Crippen LogP contribution in [0, 0.1) is 5.92 Å². The molecule has 0 radical (unpaired) electrons. The number of aryl methyl sites for hydroxylation is 1. The molecular formula is C28H35ClO2. The first-order chi connectivity index (χ1) is 14.9. The van der Waals surface area contributed by atoms with Crippen LogP contribution in [0.4, 0.5) is 0 Å². The van der Waals surface area contributed by atoms with E-state index in [4.69, 9.17) is 11.6 Å². The van der Waals surface area contributed by atoms with Crippen molar-refractivity contribution in [2.24, 2.45) is 5.92 Å². The molecule has 0 saturated heterocycles. The van der Waals surface area contributed by atoms with Crippen molar-refractivity contribution in [3.8, 4) is 0 Å². The molecule has 2 aliphatic rings. The lowest BCUT2D eigenvalue weighted by atomic mass is 9.56. The minimum absolute atomic E-state index is 0.128. The van der Waals surface area contributed by atoms with Crippen LogP contribution in [-0.4, -0.2) is 16.5 Å². The fourth-order valence-electron chi connectivity index (χ4n) is 6.41. The number of benzene rings is 2. The van der Waals surface area contributed by atoms with Gasteiger partial charge in [0.15, 0.2) is 5.78 Å². The summed E-state index contributed by atoms with van der Waals surface area (Å²) < 4.78 is 0. The molecule has 0 aliphatic heterocycles. The predicted molar refractivity (Wildman–Crippen MR) is 128 cm³/mol. The predicted octanol–water partition coefficient (Wildman–Crippen LogP) is 7.08. The SMILES string of the molecule is CCC[C@@]1(O)CC[C@@]2(CC)c3ccc(C(=O)Cc4ccccc4Cl)cc3CCC[C@H]2C1. The molecule has 2 aromatic rings. The Hall–Kier alpha value is -1.64. The average Bonchev–Trinajstić information content (AvgIpc) is 2.91. The van der Waals surface area contributed by atoms with E-state index in [0.29, 0.717) is 17.4 Å². The summed E-state index contributed by atoms with van der Waals surface area (Å²) in [6.07, 6.45) is 9.54. The summed E-state index contributed by atoms with van der Waals surface area (Å²) in [5, 5.41) is 11.8. The lowest BCUT2D eigenvalue weighted by Crippen LogP contribution is -2.47. The van der Waals surface area contributed by atoms with E-state index in [1.54, 1.807) is 0 Å². The molecule has 2 aliphatic carbocycles. The second kappa shape index (κ2) is 9.08. The molecule has 3 atom stereocenters. The van der Waals surface area contributed by atoms with Gasteiger partial charge in [0, 0.05) is 17.0 Å². The van der Waals surface area contributed by atoms with E-state index in [1.807, 2.05) is 30.3 Å². The van der Waals surface area contributed by atoms with Crippen LogP contribution in [0.25, 0.3) is 0 Å². The van der Waals surface area contributed by atoms with E-state index in [2.05, 4.69) is 26.0 Å². The average molecular weight is 439 g/mol. The Kier molecular flexibility index (Phi) is 6.60. The highest BCUT2D eigenvalue weighted by Gasteiger charge is 2.49. The van der Waals surface area contributed by atoms with Gasteiger partial charge in [0.2, 0.25) is 0 Å². The molecule has 3 heteroatoms. The van der Waals surface area contributed by atoms with Gasteiger partial charge >= 0.3 is 0 Å². The maximum atomic E-state index is 13.0. The Morgan fingerprint density at radius 3 is 2.71 bits per heavy atom. The number of fused-ring (bicyclic) bond motifs is 3. The normalized spacial score (nSPS) is 27.8. The van der Waals surface area contributed by atoms with Gasteiger partial charge in [-0.05, 0) is 91.5 Å². The number of aliphatic hydroxyl groups is 1. The van der Waals surface area contributed by atoms with E-state index in [0.717, 1.165) is 68.9 Å².